The molecule has 0 bridgehead atoms. The van der Waals surface area contributed by atoms with Gasteiger partial charge in [-0.05, 0) is 37.6 Å². The second-order valence-electron chi connectivity index (χ2n) is 5.81. The number of hydrogen-bond donors (Lipinski definition) is 2. The third-order valence-electron chi connectivity index (χ3n) is 3.51. The third kappa shape index (κ3) is 7.66. The van der Waals surface area contributed by atoms with Gasteiger partial charge in [0.1, 0.15) is 5.01 Å². The second-order valence-corrected chi connectivity index (χ2v) is 6.99. The summed E-state index contributed by atoms with van der Waals surface area (Å²) in [6.07, 6.45) is 0.398. The summed E-state index contributed by atoms with van der Waals surface area (Å²) in [5.74, 6) is -1.86. The van der Waals surface area contributed by atoms with Gasteiger partial charge in [-0.25, -0.2) is 4.79 Å². The van der Waals surface area contributed by atoms with E-state index in [0.29, 0.717) is 16.4 Å². The van der Waals surface area contributed by atoms with Gasteiger partial charge in [-0.3, -0.25) is 14.4 Å². The van der Waals surface area contributed by atoms with Crippen molar-refractivity contribution in [1.29, 1.82) is 0 Å². The SMILES string of the molecule is COC(=O)c1ccc(NC(=O)COC(=O)CCCC(=O)Nc2nnc(C)s2)cc1. The molecule has 2 rings (SSSR count). The molecule has 0 aliphatic heterocycles. The molecule has 2 N–H and O–H groups in total. The summed E-state index contributed by atoms with van der Waals surface area (Å²) in [4.78, 5) is 46.6. The molecule has 0 unspecified atom stereocenters. The average Bonchev–Trinajstić information content (AvgIpc) is 3.10. The van der Waals surface area contributed by atoms with Crippen molar-refractivity contribution in [2.45, 2.75) is 26.2 Å². The number of rotatable bonds is 9. The molecule has 1 aromatic carbocycles. The lowest BCUT2D eigenvalue weighted by atomic mass is 10.2. The highest BCUT2D eigenvalue weighted by molar-refractivity contribution is 7.15. The Bertz CT molecular complexity index is 881. The minimum absolute atomic E-state index is 0.00364. The van der Waals surface area contributed by atoms with Gasteiger partial charge in [-0.1, -0.05) is 11.3 Å². The van der Waals surface area contributed by atoms with Crippen LogP contribution in [-0.2, 0) is 23.9 Å². The smallest absolute Gasteiger partial charge is 0.337 e. The standard InChI is InChI=1S/C18H20N4O6S/c1-11-21-22-18(29-11)20-14(23)4-3-5-16(25)28-10-15(24)19-13-8-6-12(7-9-13)17(26)27-2/h6-9H,3-5,10H2,1-2H3,(H,19,24)(H,20,22,23). The molecule has 1 heterocycles. The van der Waals surface area contributed by atoms with E-state index in [-0.39, 0.29) is 25.2 Å². The lowest BCUT2D eigenvalue weighted by Gasteiger charge is -2.07. The van der Waals surface area contributed by atoms with Crippen LogP contribution in [0, 0.1) is 6.92 Å². The summed E-state index contributed by atoms with van der Waals surface area (Å²) in [5.41, 5.74) is 0.796. The number of methoxy groups -OCH3 is 1. The van der Waals surface area contributed by atoms with Gasteiger partial charge < -0.3 is 20.1 Å². The van der Waals surface area contributed by atoms with Gasteiger partial charge in [0.15, 0.2) is 6.61 Å². The van der Waals surface area contributed by atoms with Gasteiger partial charge >= 0.3 is 11.9 Å². The van der Waals surface area contributed by atoms with E-state index in [1.54, 1.807) is 6.92 Å². The first kappa shape index (κ1) is 22.0. The molecule has 11 heteroatoms. The minimum Gasteiger partial charge on any atom is -0.465 e. The Labute approximate surface area is 170 Å². The van der Waals surface area contributed by atoms with Crippen LogP contribution in [0.15, 0.2) is 24.3 Å². The van der Waals surface area contributed by atoms with Crippen LogP contribution in [0.4, 0.5) is 10.8 Å². The topological polar surface area (TPSA) is 137 Å². The van der Waals surface area contributed by atoms with Gasteiger partial charge in [-0.2, -0.15) is 0 Å². The number of benzene rings is 1. The number of carbonyl (C=O) groups excluding carboxylic acids is 4. The molecule has 0 fully saturated rings. The molecule has 0 radical (unpaired) electrons. The van der Waals surface area contributed by atoms with Crippen molar-refractivity contribution in [2.24, 2.45) is 0 Å². The number of carbonyl (C=O) groups is 4. The van der Waals surface area contributed by atoms with Gasteiger partial charge in [0, 0.05) is 18.5 Å². The normalized spacial score (nSPS) is 10.1. The molecule has 10 nitrogen and oxygen atoms in total. The number of nitrogens with zero attached hydrogens (tertiary/aromatic N) is 2. The Morgan fingerprint density at radius 3 is 2.34 bits per heavy atom. The summed E-state index contributed by atoms with van der Waals surface area (Å²) < 4.78 is 9.47. The van der Waals surface area contributed by atoms with Crippen molar-refractivity contribution in [2.75, 3.05) is 24.4 Å². The Hall–Kier alpha value is -3.34. The molecule has 0 aliphatic carbocycles. The zero-order valence-corrected chi connectivity index (χ0v) is 16.7. The van der Waals surface area contributed by atoms with Gasteiger partial charge in [0.25, 0.3) is 5.91 Å². The van der Waals surface area contributed by atoms with E-state index >= 15 is 0 Å². The van der Waals surface area contributed by atoms with Crippen LogP contribution in [0.5, 0.6) is 0 Å². The predicted octanol–water partition coefficient (Wildman–Crippen LogP) is 1.92. The molecular formula is C18H20N4O6S. The highest BCUT2D eigenvalue weighted by Crippen LogP contribution is 2.14. The zero-order valence-electron chi connectivity index (χ0n) is 15.9. The number of aromatic nitrogens is 2. The molecule has 29 heavy (non-hydrogen) atoms. The van der Waals surface area contributed by atoms with Crippen molar-refractivity contribution in [3.8, 4) is 0 Å². The van der Waals surface area contributed by atoms with Crippen LogP contribution < -0.4 is 10.6 Å². The minimum atomic E-state index is -0.583. The maximum absolute atomic E-state index is 11.8. The molecule has 0 aliphatic rings. The summed E-state index contributed by atoms with van der Waals surface area (Å²) in [6.45, 7) is 1.32. The quantitative estimate of drug-likeness (QED) is 0.587. The largest absolute Gasteiger partial charge is 0.465 e. The Morgan fingerprint density at radius 1 is 1.00 bits per heavy atom. The molecule has 0 spiro atoms. The Kier molecular flexibility index (Phi) is 8.22. The van der Waals surface area contributed by atoms with E-state index in [0.717, 1.165) is 5.01 Å². The summed E-state index contributed by atoms with van der Waals surface area (Å²) in [7, 11) is 1.28. The summed E-state index contributed by atoms with van der Waals surface area (Å²) in [5, 5.41) is 13.8. The number of amides is 2. The fraction of sp³-hybridized carbons (Fsp3) is 0.333. The van der Waals surface area contributed by atoms with Gasteiger partial charge in [0.2, 0.25) is 11.0 Å². The third-order valence-corrected chi connectivity index (χ3v) is 4.27. The molecular weight excluding hydrogens is 400 g/mol. The number of ether oxygens (including phenoxy) is 2. The lowest BCUT2D eigenvalue weighted by molar-refractivity contribution is -0.147. The molecule has 0 saturated carbocycles. The second kappa shape index (κ2) is 10.9. The first-order chi connectivity index (χ1) is 13.9. The number of esters is 2. The lowest BCUT2D eigenvalue weighted by Crippen LogP contribution is -2.21. The maximum Gasteiger partial charge on any atom is 0.337 e. The monoisotopic (exact) mass is 420 g/mol. The van der Waals surface area contributed by atoms with Crippen molar-refractivity contribution in [1.82, 2.24) is 10.2 Å². The molecule has 154 valence electrons. The number of aryl methyl sites for hydroxylation is 1. The van der Waals surface area contributed by atoms with E-state index in [1.165, 1.54) is 42.7 Å². The molecule has 0 atom stereocenters. The Balaban J connectivity index is 1.63. The van der Waals surface area contributed by atoms with Crippen molar-refractivity contribution in [3.63, 3.8) is 0 Å². The van der Waals surface area contributed by atoms with E-state index in [9.17, 15) is 19.2 Å². The molecule has 0 saturated heterocycles. The number of anilines is 2. The number of nitrogens with one attached hydrogen (secondary N) is 2. The maximum atomic E-state index is 11.8. The summed E-state index contributed by atoms with van der Waals surface area (Å²) in [6, 6.07) is 6.07. The summed E-state index contributed by atoms with van der Waals surface area (Å²) >= 11 is 1.26. The fourth-order valence-electron chi connectivity index (χ4n) is 2.14. The van der Waals surface area contributed by atoms with Crippen LogP contribution in [0.3, 0.4) is 0 Å². The van der Waals surface area contributed by atoms with Gasteiger partial charge in [-0.15, -0.1) is 10.2 Å². The number of hydrogen-bond acceptors (Lipinski definition) is 9. The molecule has 2 amide bonds. The van der Waals surface area contributed by atoms with E-state index in [2.05, 4.69) is 25.6 Å². The van der Waals surface area contributed by atoms with Crippen LogP contribution in [0.1, 0.15) is 34.6 Å². The Morgan fingerprint density at radius 2 is 1.72 bits per heavy atom. The molecule has 1 aromatic heterocycles. The van der Waals surface area contributed by atoms with Crippen LogP contribution >= 0.6 is 11.3 Å². The van der Waals surface area contributed by atoms with Crippen LogP contribution in [0.2, 0.25) is 0 Å². The van der Waals surface area contributed by atoms with Crippen LogP contribution in [0.25, 0.3) is 0 Å². The average molecular weight is 420 g/mol. The highest BCUT2D eigenvalue weighted by Gasteiger charge is 2.11. The van der Waals surface area contributed by atoms with Crippen molar-refractivity contribution >= 4 is 45.9 Å². The van der Waals surface area contributed by atoms with Crippen molar-refractivity contribution in [3.05, 3.63) is 34.8 Å². The van der Waals surface area contributed by atoms with Crippen molar-refractivity contribution < 1.29 is 28.7 Å². The van der Waals surface area contributed by atoms with E-state index in [1.807, 2.05) is 0 Å². The zero-order chi connectivity index (χ0) is 21.2. The van der Waals surface area contributed by atoms with E-state index < -0.39 is 24.5 Å². The predicted molar refractivity (Wildman–Crippen MR) is 104 cm³/mol. The first-order valence-electron chi connectivity index (χ1n) is 8.61. The highest BCUT2D eigenvalue weighted by atomic mass is 32.1. The molecule has 2 aromatic rings. The van der Waals surface area contributed by atoms with Gasteiger partial charge in [0.05, 0.1) is 12.7 Å². The fourth-order valence-corrected chi connectivity index (χ4v) is 2.75. The van der Waals surface area contributed by atoms with Crippen LogP contribution in [-0.4, -0.2) is 47.7 Å². The first-order valence-corrected chi connectivity index (χ1v) is 9.43. The van der Waals surface area contributed by atoms with E-state index in [4.69, 9.17) is 4.74 Å².